The topological polar surface area (TPSA) is 3.24 Å². The number of rotatable bonds is 4. The maximum absolute atomic E-state index is 2.99. The Kier molecular flexibility index (Phi) is 28.3. The van der Waals surface area contributed by atoms with Gasteiger partial charge in [0.15, 0.2) is 0 Å². The molecule has 0 heterocycles. The third kappa shape index (κ3) is 15.0. The molecule has 1 aromatic carbocycles. The quantitative estimate of drug-likeness (QED) is 0.399. The molecule has 1 aromatic rings. The van der Waals surface area contributed by atoms with Gasteiger partial charge in [-0.05, 0) is 13.1 Å². The van der Waals surface area contributed by atoms with Gasteiger partial charge < -0.3 is 4.90 Å². The molecule has 0 saturated heterocycles. The predicted octanol–water partition coefficient (Wildman–Crippen LogP) is 5.11. The third-order valence-electron chi connectivity index (χ3n) is 2.53. The predicted molar refractivity (Wildman–Crippen MR) is 96.1 cm³/mol. The Bertz CT molecular complexity index is 342. The van der Waals surface area contributed by atoms with Crippen molar-refractivity contribution in [1.29, 1.82) is 0 Å². The Balaban J connectivity index is -0.000000140. The molecule has 0 fully saturated rings. The number of nitrogens with zero attached hydrogens (tertiary/aromatic N) is 1. The second kappa shape index (κ2) is 20.3. The Labute approximate surface area is 167 Å². The maximum atomic E-state index is 2.99. The van der Waals surface area contributed by atoms with Crippen LogP contribution in [0.3, 0.4) is 0 Å². The van der Waals surface area contributed by atoms with Gasteiger partial charge in [0.2, 0.25) is 0 Å². The van der Waals surface area contributed by atoms with E-state index < -0.39 is 0 Å². The average molecular weight is 515 g/mol. The molecule has 0 unspecified atom stereocenters. The van der Waals surface area contributed by atoms with Crippen molar-refractivity contribution in [2.45, 2.75) is 20.3 Å². The van der Waals surface area contributed by atoms with Crippen LogP contribution in [-0.4, -0.2) is 18.0 Å². The van der Waals surface area contributed by atoms with Crippen molar-refractivity contribution < 1.29 is 25.8 Å². The summed E-state index contributed by atoms with van der Waals surface area (Å²) in [6.07, 6.45) is 10.0. The second-order valence-electron chi connectivity index (χ2n) is 3.76. The van der Waals surface area contributed by atoms with Crippen molar-refractivity contribution in [3.05, 3.63) is 66.7 Å². The summed E-state index contributed by atoms with van der Waals surface area (Å²) in [5.41, 5.74) is 1.28. The second-order valence-corrected chi connectivity index (χ2v) is 3.76. The van der Waals surface area contributed by atoms with E-state index in [4.69, 9.17) is 0 Å². The van der Waals surface area contributed by atoms with Crippen molar-refractivity contribution in [3.8, 4) is 0 Å². The molecule has 21 heavy (non-hydrogen) atoms. The number of hydrogen-bond acceptors (Lipinski definition) is 1. The molecule has 0 aromatic heterocycles. The van der Waals surface area contributed by atoms with Crippen molar-refractivity contribution in [2.75, 3.05) is 13.1 Å². The maximum Gasteiger partial charge on any atom is 0 e. The SMILES string of the molecule is CCN([CH-]c1ccccc1)CC.Cl.Cl.Cl.[C-]1=CC=CC1.[Hf]. The van der Waals surface area contributed by atoms with Crippen LogP contribution in [0.4, 0.5) is 0 Å². The summed E-state index contributed by atoms with van der Waals surface area (Å²) < 4.78 is 0. The first kappa shape index (κ1) is 29.3. The molecular weight excluding hydrogens is 491 g/mol. The first-order chi connectivity index (χ1) is 8.36. The summed E-state index contributed by atoms with van der Waals surface area (Å²) in [6, 6.07) is 10.4. The molecule has 0 radical (unpaired) electrons. The van der Waals surface area contributed by atoms with E-state index in [2.05, 4.69) is 61.7 Å². The van der Waals surface area contributed by atoms with E-state index >= 15 is 0 Å². The molecule has 0 spiro atoms. The minimum atomic E-state index is 0. The van der Waals surface area contributed by atoms with Crippen molar-refractivity contribution in [3.63, 3.8) is 0 Å². The van der Waals surface area contributed by atoms with Crippen LogP contribution < -0.4 is 0 Å². The van der Waals surface area contributed by atoms with Crippen LogP contribution >= 0.6 is 37.2 Å². The van der Waals surface area contributed by atoms with Crippen LogP contribution in [0.2, 0.25) is 0 Å². The van der Waals surface area contributed by atoms with Crippen molar-refractivity contribution >= 4 is 37.2 Å². The van der Waals surface area contributed by atoms with Gasteiger partial charge in [-0.1, -0.05) is 19.9 Å². The van der Waals surface area contributed by atoms with Crippen LogP contribution in [0, 0.1) is 12.6 Å². The summed E-state index contributed by atoms with van der Waals surface area (Å²) >= 11 is 0. The van der Waals surface area contributed by atoms with Gasteiger partial charge in [-0.25, -0.2) is 12.2 Å². The Morgan fingerprint density at radius 3 is 1.95 bits per heavy atom. The fourth-order valence-electron chi connectivity index (χ4n) is 1.50. The van der Waals surface area contributed by atoms with Crippen molar-refractivity contribution in [1.82, 2.24) is 4.90 Å². The number of hydrogen-bond donors (Lipinski definition) is 0. The van der Waals surface area contributed by atoms with E-state index in [0.717, 1.165) is 19.5 Å². The van der Waals surface area contributed by atoms with E-state index in [0.29, 0.717) is 0 Å². The Hall–Kier alpha value is 0.270. The van der Waals surface area contributed by atoms with Gasteiger partial charge in [0.1, 0.15) is 0 Å². The smallest absolute Gasteiger partial charge is 0 e. The fraction of sp³-hybridized carbons (Fsp3) is 0.312. The molecule has 1 aliphatic rings. The number of benzene rings is 1. The van der Waals surface area contributed by atoms with E-state index in [9.17, 15) is 0 Å². The minimum Gasteiger partial charge on any atom is -0.334 e. The zero-order valence-electron chi connectivity index (χ0n) is 12.5. The monoisotopic (exact) mass is 515 g/mol. The molecule has 2 rings (SSSR count). The van der Waals surface area contributed by atoms with Gasteiger partial charge in [0.05, 0.1) is 0 Å². The first-order valence-corrected chi connectivity index (χ1v) is 6.22. The van der Waals surface area contributed by atoms with E-state index in [1.165, 1.54) is 5.56 Å². The van der Waals surface area contributed by atoms with Crippen LogP contribution in [0.1, 0.15) is 25.8 Å². The van der Waals surface area contributed by atoms with Crippen LogP contribution in [0.5, 0.6) is 0 Å². The van der Waals surface area contributed by atoms with Crippen LogP contribution in [0.25, 0.3) is 0 Å². The first-order valence-electron chi connectivity index (χ1n) is 6.22. The standard InChI is InChI=1S/C11H16N.C5H5.3ClH.Hf/c1-3-12(4-2)10-11-8-6-5-7-9-11;1-2-4-5-3-1;;;;/h5-10H,3-4H2,1-2H3;1-3H,4H2;3*1H;/q2*-1;;;;. The molecule has 5 heteroatoms. The van der Waals surface area contributed by atoms with Crippen LogP contribution in [-0.2, 0) is 25.8 Å². The molecule has 0 N–H and O–H groups in total. The zero-order chi connectivity index (χ0) is 12.3. The molecular formula is C16H24Cl3HfN-2. The molecule has 0 aliphatic heterocycles. The molecule has 0 bridgehead atoms. The molecule has 0 amide bonds. The Morgan fingerprint density at radius 2 is 1.62 bits per heavy atom. The van der Waals surface area contributed by atoms with Gasteiger partial charge in [-0.3, -0.25) is 6.08 Å². The average Bonchev–Trinajstić information content (AvgIpc) is 2.96. The third-order valence-corrected chi connectivity index (χ3v) is 2.53. The Morgan fingerprint density at radius 1 is 1.05 bits per heavy atom. The van der Waals surface area contributed by atoms with E-state index in [1.54, 1.807) is 0 Å². The minimum absolute atomic E-state index is 0. The van der Waals surface area contributed by atoms with Crippen molar-refractivity contribution in [2.24, 2.45) is 0 Å². The van der Waals surface area contributed by atoms with Gasteiger partial charge >= 0.3 is 0 Å². The molecule has 0 atom stereocenters. The summed E-state index contributed by atoms with van der Waals surface area (Å²) in [5, 5.41) is 0. The zero-order valence-corrected chi connectivity index (χ0v) is 18.5. The molecule has 1 nitrogen and oxygen atoms in total. The van der Waals surface area contributed by atoms with Crippen LogP contribution in [0.15, 0.2) is 48.6 Å². The molecule has 0 saturated carbocycles. The molecule has 120 valence electrons. The summed E-state index contributed by atoms with van der Waals surface area (Å²) in [6.45, 7) is 8.68. The summed E-state index contributed by atoms with van der Waals surface area (Å²) in [5.74, 6) is 0. The molecule has 1 aliphatic carbocycles. The van der Waals surface area contributed by atoms with Gasteiger partial charge in [0, 0.05) is 25.8 Å². The summed E-state index contributed by atoms with van der Waals surface area (Å²) in [7, 11) is 0. The van der Waals surface area contributed by atoms with E-state index in [1.807, 2.05) is 18.2 Å². The largest absolute Gasteiger partial charge is 0.334 e. The van der Waals surface area contributed by atoms with Gasteiger partial charge in [-0.15, -0.1) is 62.3 Å². The normalized spacial score (nSPS) is 10.0. The summed E-state index contributed by atoms with van der Waals surface area (Å²) in [4.78, 5) is 2.29. The van der Waals surface area contributed by atoms with E-state index in [-0.39, 0.29) is 63.1 Å². The fourth-order valence-corrected chi connectivity index (χ4v) is 1.50. The number of allylic oxidation sites excluding steroid dienone is 4. The van der Waals surface area contributed by atoms with Gasteiger partial charge in [0.25, 0.3) is 0 Å². The number of halogens is 3. The van der Waals surface area contributed by atoms with Gasteiger partial charge in [-0.2, -0.15) is 23.8 Å².